The van der Waals surface area contributed by atoms with Crippen LogP contribution in [0.1, 0.15) is 29.2 Å². The van der Waals surface area contributed by atoms with Crippen molar-refractivity contribution < 1.29 is 23.9 Å². The molecule has 0 bridgehead atoms. The summed E-state index contributed by atoms with van der Waals surface area (Å²) < 4.78 is 11.7. The predicted molar refractivity (Wildman–Crippen MR) is 151 cm³/mol. The first kappa shape index (κ1) is 27.3. The highest BCUT2D eigenvalue weighted by molar-refractivity contribution is 8.18. The molecule has 0 spiro atoms. The fourth-order valence-corrected chi connectivity index (χ4v) is 4.88. The molecule has 196 valence electrons. The van der Waals surface area contributed by atoms with Gasteiger partial charge in [0, 0.05) is 16.3 Å². The number of nitrogens with zero attached hydrogens (tertiary/aromatic N) is 1. The average molecular weight is 551 g/mol. The molecular formula is C29H27ClN2O5S. The molecule has 1 aliphatic heterocycles. The molecule has 0 saturated carbocycles. The molecule has 38 heavy (non-hydrogen) atoms. The third-order valence-electron chi connectivity index (χ3n) is 5.74. The zero-order valence-electron chi connectivity index (χ0n) is 21.2. The average Bonchev–Trinajstić information content (AvgIpc) is 3.13. The molecule has 3 amide bonds. The van der Waals surface area contributed by atoms with Gasteiger partial charge in [-0.15, -0.1) is 0 Å². The van der Waals surface area contributed by atoms with E-state index in [1.165, 1.54) is 0 Å². The Morgan fingerprint density at radius 1 is 1.03 bits per heavy atom. The number of amides is 3. The standard InChI is InChI=1S/C29H27ClN2O5S/c1-4-36-25-14-20(10-12-24(25)37-17-21-7-5-6-8-22(21)30)15-26-28(34)32(29(35)38-26)16-27(33)31-23-11-9-18(2)13-19(23)3/h5-15H,4,16-17H2,1-3H3,(H,31,33)/b26-15+. The molecule has 1 heterocycles. The Morgan fingerprint density at radius 2 is 1.82 bits per heavy atom. The first-order valence-electron chi connectivity index (χ1n) is 12.0. The number of halogens is 1. The number of thioether (sulfide) groups is 1. The molecule has 1 aliphatic rings. The number of hydrogen-bond donors (Lipinski definition) is 1. The Kier molecular flexibility index (Phi) is 8.76. The molecule has 3 aromatic carbocycles. The SMILES string of the molecule is CCOc1cc(/C=C2/SC(=O)N(CC(=O)Nc3ccc(C)cc3C)C2=O)ccc1OCc1ccccc1Cl. The number of hydrogen-bond acceptors (Lipinski definition) is 6. The van der Waals surface area contributed by atoms with E-state index in [2.05, 4.69) is 5.32 Å². The number of ether oxygens (including phenoxy) is 2. The van der Waals surface area contributed by atoms with Crippen molar-refractivity contribution in [3.05, 3.63) is 92.8 Å². The lowest BCUT2D eigenvalue weighted by Gasteiger charge is -2.14. The van der Waals surface area contributed by atoms with E-state index in [1.54, 1.807) is 36.4 Å². The van der Waals surface area contributed by atoms with Crippen LogP contribution in [0.2, 0.25) is 5.02 Å². The summed E-state index contributed by atoms with van der Waals surface area (Å²) in [5, 5.41) is 2.89. The van der Waals surface area contributed by atoms with Crippen molar-refractivity contribution in [1.29, 1.82) is 0 Å². The molecule has 4 rings (SSSR count). The van der Waals surface area contributed by atoms with Gasteiger partial charge in [0.15, 0.2) is 11.5 Å². The minimum Gasteiger partial charge on any atom is -0.490 e. The fraction of sp³-hybridized carbons (Fsp3) is 0.207. The molecular weight excluding hydrogens is 524 g/mol. The third kappa shape index (κ3) is 6.57. The molecule has 0 atom stereocenters. The topological polar surface area (TPSA) is 84.9 Å². The van der Waals surface area contributed by atoms with Crippen LogP contribution in [0, 0.1) is 13.8 Å². The lowest BCUT2D eigenvalue weighted by Crippen LogP contribution is -2.36. The Morgan fingerprint density at radius 3 is 2.55 bits per heavy atom. The zero-order chi connectivity index (χ0) is 27.2. The predicted octanol–water partition coefficient (Wildman–Crippen LogP) is 6.61. The van der Waals surface area contributed by atoms with Crippen LogP contribution in [0.25, 0.3) is 6.08 Å². The summed E-state index contributed by atoms with van der Waals surface area (Å²) in [7, 11) is 0. The van der Waals surface area contributed by atoms with Gasteiger partial charge >= 0.3 is 0 Å². The van der Waals surface area contributed by atoms with E-state index in [4.69, 9.17) is 21.1 Å². The number of carbonyl (C=O) groups is 3. The Hall–Kier alpha value is -3.75. The largest absolute Gasteiger partial charge is 0.490 e. The van der Waals surface area contributed by atoms with Crippen molar-refractivity contribution >= 4 is 52.2 Å². The van der Waals surface area contributed by atoms with Gasteiger partial charge < -0.3 is 14.8 Å². The second kappa shape index (κ2) is 12.2. The van der Waals surface area contributed by atoms with Gasteiger partial charge in [0.25, 0.3) is 11.1 Å². The molecule has 1 saturated heterocycles. The fourth-order valence-electron chi connectivity index (χ4n) is 3.85. The highest BCUT2D eigenvalue weighted by atomic mass is 35.5. The molecule has 1 N–H and O–H groups in total. The quantitative estimate of drug-likeness (QED) is 0.302. The summed E-state index contributed by atoms with van der Waals surface area (Å²) in [5.41, 5.74) is 4.11. The van der Waals surface area contributed by atoms with Crippen molar-refractivity contribution in [2.45, 2.75) is 27.4 Å². The zero-order valence-corrected chi connectivity index (χ0v) is 22.8. The van der Waals surface area contributed by atoms with Crippen molar-refractivity contribution in [1.82, 2.24) is 4.90 Å². The van der Waals surface area contributed by atoms with E-state index in [-0.39, 0.29) is 18.1 Å². The molecule has 0 aromatic heterocycles. The van der Waals surface area contributed by atoms with Gasteiger partial charge in [-0.05, 0) is 74.0 Å². The van der Waals surface area contributed by atoms with Crippen LogP contribution >= 0.6 is 23.4 Å². The van der Waals surface area contributed by atoms with Crippen molar-refractivity contribution in [3.63, 3.8) is 0 Å². The number of aryl methyl sites for hydroxylation is 2. The maximum Gasteiger partial charge on any atom is 0.294 e. The number of nitrogens with one attached hydrogen (secondary N) is 1. The van der Waals surface area contributed by atoms with E-state index in [1.807, 2.05) is 51.1 Å². The van der Waals surface area contributed by atoms with Crippen LogP contribution in [0.5, 0.6) is 11.5 Å². The molecule has 0 aliphatic carbocycles. The van der Waals surface area contributed by atoms with Gasteiger partial charge in [-0.25, -0.2) is 0 Å². The maximum atomic E-state index is 13.0. The number of benzene rings is 3. The molecule has 0 unspecified atom stereocenters. The van der Waals surface area contributed by atoms with Crippen molar-refractivity contribution in [2.75, 3.05) is 18.5 Å². The first-order valence-corrected chi connectivity index (χ1v) is 13.2. The number of carbonyl (C=O) groups excluding carboxylic acids is 3. The van der Waals surface area contributed by atoms with Crippen LogP contribution in [-0.4, -0.2) is 35.1 Å². The number of imide groups is 1. The highest BCUT2D eigenvalue weighted by Gasteiger charge is 2.36. The monoisotopic (exact) mass is 550 g/mol. The minimum absolute atomic E-state index is 0.224. The Labute approximate surface area is 230 Å². The Bertz CT molecular complexity index is 1420. The lowest BCUT2D eigenvalue weighted by molar-refractivity contribution is -0.127. The van der Waals surface area contributed by atoms with Gasteiger partial charge in [0.1, 0.15) is 13.2 Å². The van der Waals surface area contributed by atoms with E-state index in [0.717, 1.165) is 33.4 Å². The van der Waals surface area contributed by atoms with E-state index in [0.29, 0.717) is 34.4 Å². The van der Waals surface area contributed by atoms with E-state index in [9.17, 15) is 14.4 Å². The molecule has 0 radical (unpaired) electrons. The second-order valence-corrected chi connectivity index (χ2v) is 10.1. The molecule has 1 fully saturated rings. The third-order valence-corrected chi connectivity index (χ3v) is 7.01. The van der Waals surface area contributed by atoms with Gasteiger partial charge in [-0.3, -0.25) is 19.3 Å². The van der Waals surface area contributed by atoms with E-state index < -0.39 is 17.1 Å². The van der Waals surface area contributed by atoms with Crippen LogP contribution in [0.15, 0.2) is 65.6 Å². The van der Waals surface area contributed by atoms with Gasteiger partial charge in [-0.2, -0.15) is 0 Å². The summed E-state index contributed by atoms with van der Waals surface area (Å²) in [6.45, 7) is 6.02. The van der Waals surface area contributed by atoms with Crippen molar-refractivity contribution in [2.24, 2.45) is 0 Å². The summed E-state index contributed by atoms with van der Waals surface area (Å²) in [6, 6.07) is 18.3. The van der Waals surface area contributed by atoms with E-state index >= 15 is 0 Å². The summed E-state index contributed by atoms with van der Waals surface area (Å²) >= 11 is 7.02. The first-order chi connectivity index (χ1) is 18.2. The number of anilines is 1. The van der Waals surface area contributed by atoms with Gasteiger partial charge in [0.05, 0.1) is 11.5 Å². The smallest absolute Gasteiger partial charge is 0.294 e. The lowest BCUT2D eigenvalue weighted by atomic mass is 10.1. The normalized spacial score (nSPS) is 14.2. The van der Waals surface area contributed by atoms with Crippen LogP contribution in [0.4, 0.5) is 10.5 Å². The highest BCUT2D eigenvalue weighted by Crippen LogP contribution is 2.35. The number of rotatable bonds is 9. The van der Waals surface area contributed by atoms with Crippen LogP contribution in [0.3, 0.4) is 0 Å². The van der Waals surface area contributed by atoms with Crippen molar-refractivity contribution in [3.8, 4) is 11.5 Å². The van der Waals surface area contributed by atoms with Gasteiger partial charge in [-0.1, -0.05) is 53.6 Å². The maximum absolute atomic E-state index is 13.0. The summed E-state index contributed by atoms with van der Waals surface area (Å²) in [4.78, 5) is 39.2. The second-order valence-electron chi connectivity index (χ2n) is 8.65. The molecule has 7 nitrogen and oxygen atoms in total. The van der Waals surface area contributed by atoms with Crippen LogP contribution in [-0.2, 0) is 16.2 Å². The van der Waals surface area contributed by atoms with Gasteiger partial charge in [0.2, 0.25) is 5.91 Å². The molecule has 9 heteroatoms. The minimum atomic E-state index is -0.521. The van der Waals surface area contributed by atoms with Crippen LogP contribution < -0.4 is 14.8 Å². The Balaban J connectivity index is 1.45. The molecule has 3 aromatic rings. The summed E-state index contributed by atoms with van der Waals surface area (Å²) in [6.07, 6.45) is 1.60. The summed E-state index contributed by atoms with van der Waals surface area (Å²) in [5.74, 6) is 0.0624.